The highest BCUT2D eigenvalue weighted by molar-refractivity contribution is 7.59. The van der Waals surface area contributed by atoms with Gasteiger partial charge in [0.1, 0.15) is 6.35 Å². The van der Waals surface area contributed by atoms with E-state index >= 15 is 0 Å². The van der Waals surface area contributed by atoms with E-state index in [-0.39, 0.29) is 24.7 Å². The van der Waals surface area contributed by atoms with Crippen LogP contribution in [0, 0.1) is 0 Å². The van der Waals surface area contributed by atoms with E-state index in [2.05, 4.69) is 0 Å². The van der Waals surface area contributed by atoms with E-state index in [1.54, 1.807) is 0 Å². The Balaban J connectivity index is 5.01. The molecule has 0 amide bonds. The third-order valence-electron chi connectivity index (χ3n) is 1.98. The molecule has 0 fully saturated rings. The van der Waals surface area contributed by atoms with Crippen molar-refractivity contribution in [1.82, 2.24) is 0 Å². The summed E-state index contributed by atoms with van der Waals surface area (Å²) in [6.45, 7) is 11.4. The number of rotatable bonds is 11. The molecule has 0 N–H and O–H groups in total. The maximum atomic E-state index is 13.0. The quantitative estimate of drug-likeness (QED) is 0.248. The zero-order valence-electron chi connectivity index (χ0n) is 13.3. The first-order valence-electron chi connectivity index (χ1n) is 6.93. The Bertz CT molecular complexity index is 286. The van der Waals surface area contributed by atoms with E-state index in [4.69, 9.17) is 30.3 Å². The minimum absolute atomic E-state index is 0.0675. The first-order valence-corrected chi connectivity index (χ1v) is 9.34. The summed E-state index contributed by atoms with van der Waals surface area (Å²) in [5, 5.41) is 0. The molecule has 1 unspecified atom stereocenters. The Kier molecular flexibility index (Phi) is 10.3. The lowest BCUT2D eigenvalue weighted by Crippen LogP contribution is -2.28. The van der Waals surface area contributed by atoms with E-state index in [0.29, 0.717) is 12.5 Å². The Hall–Kier alpha value is 0.360. The van der Waals surface area contributed by atoms with Gasteiger partial charge in [-0.1, -0.05) is 0 Å². The second-order valence-electron chi connectivity index (χ2n) is 5.28. The summed E-state index contributed by atoms with van der Waals surface area (Å²) in [6.07, 6.45) is -0.539. The molecule has 0 aliphatic carbocycles. The zero-order valence-corrected chi connectivity index (χ0v) is 14.9. The standard InChI is InChI=1S/C13H28ClO5P/c1-10(2)17-13(18-11(3)4)20(15,19-12(5)6)9-16-8-7-14/h10-13H,7-9H2,1-6H3. The zero-order chi connectivity index (χ0) is 15.8. The molecule has 0 aromatic carbocycles. The van der Waals surface area contributed by atoms with Crippen LogP contribution in [0.15, 0.2) is 0 Å². The van der Waals surface area contributed by atoms with Crippen LogP contribution in [0.1, 0.15) is 41.5 Å². The fourth-order valence-electron chi connectivity index (χ4n) is 1.43. The Morgan fingerprint density at radius 1 is 0.950 bits per heavy atom. The fraction of sp³-hybridized carbons (Fsp3) is 1.00. The first-order chi connectivity index (χ1) is 9.21. The number of alkyl halides is 1. The number of hydrogen-bond donors (Lipinski definition) is 0. The molecule has 0 radical (unpaired) electrons. The second-order valence-corrected chi connectivity index (χ2v) is 8.00. The van der Waals surface area contributed by atoms with Crippen molar-refractivity contribution in [2.24, 2.45) is 0 Å². The third kappa shape index (κ3) is 8.60. The molecule has 20 heavy (non-hydrogen) atoms. The van der Waals surface area contributed by atoms with Gasteiger partial charge in [0.2, 0.25) is 6.03 Å². The van der Waals surface area contributed by atoms with Gasteiger partial charge in [-0.25, -0.2) is 0 Å². The van der Waals surface area contributed by atoms with Gasteiger partial charge in [-0.3, -0.25) is 4.57 Å². The second kappa shape index (κ2) is 10.1. The van der Waals surface area contributed by atoms with Gasteiger partial charge < -0.3 is 18.7 Å². The largest absolute Gasteiger partial charge is 0.370 e. The van der Waals surface area contributed by atoms with Crippen LogP contribution < -0.4 is 0 Å². The molecule has 5 nitrogen and oxygen atoms in total. The highest BCUT2D eigenvalue weighted by atomic mass is 35.5. The SMILES string of the molecule is CC(C)OC(OC(C)C)P(=O)(COCCCl)OC(C)C. The van der Waals surface area contributed by atoms with Crippen molar-refractivity contribution in [3.8, 4) is 0 Å². The lowest BCUT2D eigenvalue weighted by Gasteiger charge is -2.31. The van der Waals surface area contributed by atoms with E-state index in [1.807, 2.05) is 41.5 Å². The van der Waals surface area contributed by atoms with E-state index in [1.165, 1.54) is 0 Å². The molecule has 0 aliphatic rings. The highest BCUT2D eigenvalue weighted by Gasteiger charge is 2.39. The minimum atomic E-state index is -3.25. The van der Waals surface area contributed by atoms with Gasteiger partial charge in [-0.05, 0) is 41.5 Å². The van der Waals surface area contributed by atoms with Crippen molar-refractivity contribution in [3.63, 3.8) is 0 Å². The molecule has 0 aromatic rings. The molecule has 0 rings (SSSR count). The summed E-state index contributed by atoms with van der Waals surface area (Å²) in [4.78, 5) is 0. The molecular formula is C13H28ClO5P. The summed E-state index contributed by atoms with van der Waals surface area (Å²) in [7, 11) is -3.25. The molecule has 0 bridgehead atoms. The predicted molar refractivity (Wildman–Crippen MR) is 81.6 cm³/mol. The van der Waals surface area contributed by atoms with Crippen LogP contribution in [0.4, 0.5) is 0 Å². The molecule has 0 heterocycles. The van der Waals surface area contributed by atoms with Gasteiger partial charge >= 0.3 is 0 Å². The van der Waals surface area contributed by atoms with E-state index in [9.17, 15) is 4.57 Å². The Morgan fingerprint density at radius 3 is 1.80 bits per heavy atom. The molecule has 0 spiro atoms. The van der Waals surface area contributed by atoms with E-state index < -0.39 is 13.4 Å². The van der Waals surface area contributed by atoms with E-state index in [0.717, 1.165) is 0 Å². The predicted octanol–water partition coefficient (Wildman–Crippen LogP) is 4.04. The van der Waals surface area contributed by atoms with Crippen LogP contribution >= 0.6 is 19.0 Å². The maximum absolute atomic E-state index is 13.0. The molecule has 0 saturated carbocycles. The fourth-order valence-corrected chi connectivity index (χ4v) is 3.77. The van der Waals surface area contributed by atoms with Crippen molar-refractivity contribution >= 4 is 19.0 Å². The Morgan fingerprint density at radius 2 is 1.45 bits per heavy atom. The van der Waals surface area contributed by atoms with Crippen molar-refractivity contribution in [3.05, 3.63) is 0 Å². The molecule has 0 saturated heterocycles. The summed E-state index contributed by atoms with van der Waals surface area (Å²) in [5.74, 6) is 0.336. The summed E-state index contributed by atoms with van der Waals surface area (Å²) in [5.41, 5.74) is 0. The summed E-state index contributed by atoms with van der Waals surface area (Å²) in [6, 6.07) is -0.930. The topological polar surface area (TPSA) is 54.0 Å². The lowest BCUT2D eigenvalue weighted by molar-refractivity contribution is -0.141. The molecule has 7 heteroatoms. The van der Waals surface area contributed by atoms with Crippen LogP contribution in [0.2, 0.25) is 0 Å². The monoisotopic (exact) mass is 330 g/mol. The van der Waals surface area contributed by atoms with Gasteiger partial charge in [0.05, 0.1) is 24.9 Å². The minimum Gasteiger partial charge on any atom is -0.370 e. The average Bonchev–Trinajstić information content (AvgIpc) is 2.26. The molecule has 122 valence electrons. The van der Waals surface area contributed by atoms with Gasteiger partial charge in [0.25, 0.3) is 7.37 Å². The molecule has 1 atom stereocenters. The normalized spacial score (nSPS) is 15.6. The number of hydrogen-bond acceptors (Lipinski definition) is 5. The lowest BCUT2D eigenvalue weighted by atomic mass is 10.5. The van der Waals surface area contributed by atoms with Crippen LogP contribution in [0.5, 0.6) is 0 Å². The van der Waals surface area contributed by atoms with Crippen molar-refractivity contribution in [1.29, 1.82) is 0 Å². The molecular weight excluding hydrogens is 303 g/mol. The first kappa shape index (κ1) is 20.4. The maximum Gasteiger partial charge on any atom is 0.282 e. The number of halogens is 1. The summed E-state index contributed by atoms with van der Waals surface area (Å²) < 4.78 is 35.2. The third-order valence-corrected chi connectivity index (χ3v) is 4.34. The Labute approximate surface area is 127 Å². The van der Waals surface area contributed by atoms with Crippen LogP contribution in [-0.4, -0.2) is 43.2 Å². The van der Waals surface area contributed by atoms with Gasteiger partial charge in [-0.2, -0.15) is 0 Å². The van der Waals surface area contributed by atoms with Gasteiger partial charge in [0, 0.05) is 5.88 Å². The van der Waals surface area contributed by atoms with Crippen molar-refractivity contribution in [2.45, 2.75) is 65.9 Å². The molecule has 0 aromatic heterocycles. The smallest absolute Gasteiger partial charge is 0.282 e. The number of ether oxygens (including phenoxy) is 3. The highest BCUT2D eigenvalue weighted by Crippen LogP contribution is 2.54. The molecule has 0 aliphatic heterocycles. The summed E-state index contributed by atoms with van der Waals surface area (Å²) >= 11 is 5.57. The van der Waals surface area contributed by atoms with Crippen molar-refractivity contribution in [2.75, 3.05) is 18.8 Å². The van der Waals surface area contributed by atoms with Crippen molar-refractivity contribution < 1.29 is 23.3 Å². The van der Waals surface area contributed by atoms with Crippen LogP contribution in [-0.2, 0) is 23.3 Å². The van der Waals surface area contributed by atoms with Crippen LogP contribution in [0.25, 0.3) is 0 Å². The average molecular weight is 331 g/mol. The van der Waals surface area contributed by atoms with Gasteiger partial charge in [-0.15, -0.1) is 11.6 Å². The van der Waals surface area contributed by atoms with Gasteiger partial charge in [0.15, 0.2) is 0 Å². The van der Waals surface area contributed by atoms with Crippen LogP contribution in [0.3, 0.4) is 0 Å².